The van der Waals surface area contributed by atoms with Crippen LogP contribution >= 0.6 is 0 Å². The molecule has 20 heavy (non-hydrogen) atoms. The second-order valence-corrected chi connectivity index (χ2v) is 5.50. The summed E-state index contributed by atoms with van der Waals surface area (Å²) in [5.41, 5.74) is 3.90. The van der Waals surface area contributed by atoms with Gasteiger partial charge in [0.25, 0.3) is 0 Å². The van der Waals surface area contributed by atoms with Crippen LogP contribution in [0.25, 0.3) is 0 Å². The van der Waals surface area contributed by atoms with Gasteiger partial charge in [-0.1, -0.05) is 25.0 Å². The van der Waals surface area contributed by atoms with Gasteiger partial charge in [0.15, 0.2) is 0 Å². The van der Waals surface area contributed by atoms with Crippen molar-refractivity contribution in [3.8, 4) is 0 Å². The molecule has 1 aliphatic rings. The van der Waals surface area contributed by atoms with E-state index in [9.17, 15) is 0 Å². The van der Waals surface area contributed by atoms with Gasteiger partial charge in [-0.2, -0.15) is 0 Å². The second kappa shape index (κ2) is 5.63. The van der Waals surface area contributed by atoms with E-state index in [1.165, 1.54) is 24.0 Å². The summed E-state index contributed by atoms with van der Waals surface area (Å²) in [5, 5.41) is 14.5. The number of aromatic nitrogens is 2. The Kier molecular flexibility index (Phi) is 3.69. The minimum absolute atomic E-state index is 0.398. The van der Waals surface area contributed by atoms with Crippen molar-refractivity contribution in [3.63, 3.8) is 0 Å². The molecule has 0 spiro atoms. The van der Waals surface area contributed by atoms with Crippen molar-refractivity contribution in [2.45, 2.75) is 45.7 Å². The Labute approximate surface area is 118 Å². The molecule has 0 saturated carbocycles. The third-order valence-electron chi connectivity index (χ3n) is 3.48. The van der Waals surface area contributed by atoms with E-state index in [4.69, 9.17) is 4.42 Å². The summed E-state index contributed by atoms with van der Waals surface area (Å²) in [6.45, 7) is 4.76. The molecule has 0 saturated heterocycles. The fourth-order valence-electron chi connectivity index (χ4n) is 2.44. The number of nitrogens with zero attached hydrogens (tertiary/aromatic N) is 2. The normalized spacial score (nSPS) is 13.8. The molecule has 1 aliphatic carbocycles. The lowest BCUT2D eigenvalue weighted by Gasteiger charge is -2.05. The Morgan fingerprint density at radius 1 is 1.20 bits per heavy atom. The van der Waals surface area contributed by atoms with Gasteiger partial charge in [-0.05, 0) is 42.5 Å². The first-order valence-electron chi connectivity index (χ1n) is 7.15. The van der Waals surface area contributed by atoms with E-state index in [2.05, 4.69) is 52.9 Å². The highest BCUT2D eigenvalue weighted by Gasteiger charge is 2.12. The summed E-state index contributed by atoms with van der Waals surface area (Å²) in [6, 6.07) is 7.28. The molecular formula is C15H20N4O. The van der Waals surface area contributed by atoms with Gasteiger partial charge in [0, 0.05) is 11.7 Å². The molecule has 0 fully saturated rings. The first-order valence-corrected chi connectivity index (χ1v) is 7.15. The monoisotopic (exact) mass is 272 g/mol. The molecule has 0 bridgehead atoms. The lowest BCUT2D eigenvalue weighted by Crippen LogP contribution is -2.21. The molecule has 1 aromatic carbocycles. The predicted octanol–water partition coefficient (Wildman–Crippen LogP) is 2.80. The maximum Gasteiger partial charge on any atom is 0.320 e. The topological polar surface area (TPSA) is 63.0 Å². The average molecular weight is 272 g/mol. The number of anilines is 2. The summed E-state index contributed by atoms with van der Waals surface area (Å²) >= 11 is 0. The lowest BCUT2D eigenvalue weighted by molar-refractivity contribution is 0.460. The zero-order valence-corrected chi connectivity index (χ0v) is 11.9. The Balaban J connectivity index is 1.65. The lowest BCUT2D eigenvalue weighted by atomic mass is 10.1. The molecule has 1 heterocycles. The van der Waals surface area contributed by atoms with Gasteiger partial charge in [0.2, 0.25) is 5.89 Å². The summed E-state index contributed by atoms with van der Waals surface area (Å²) in [6.07, 6.45) is 3.61. The molecule has 2 aromatic rings. The van der Waals surface area contributed by atoms with Crippen molar-refractivity contribution in [2.24, 2.45) is 0 Å². The van der Waals surface area contributed by atoms with Crippen LogP contribution in [0.4, 0.5) is 11.7 Å². The van der Waals surface area contributed by atoms with E-state index in [1.54, 1.807) is 0 Å². The largest absolute Gasteiger partial charge is 0.406 e. The van der Waals surface area contributed by atoms with Crippen molar-refractivity contribution in [3.05, 3.63) is 35.2 Å². The van der Waals surface area contributed by atoms with Crippen LogP contribution in [0.1, 0.15) is 37.3 Å². The van der Waals surface area contributed by atoms with Gasteiger partial charge < -0.3 is 15.1 Å². The van der Waals surface area contributed by atoms with Gasteiger partial charge in [-0.15, -0.1) is 5.10 Å². The highest BCUT2D eigenvalue weighted by Crippen LogP contribution is 2.26. The molecule has 0 radical (unpaired) electrons. The third-order valence-corrected chi connectivity index (χ3v) is 3.48. The Morgan fingerprint density at radius 3 is 2.90 bits per heavy atom. The first-order chi connectivity index (χ1) is 9.70. The Morgan fingerprint density at radius 2 is 2.05 bits per heavy atom. The number of hydrogen-bond acceptors (Lipinski definition) is 5. The molecule has 5 heteroatoms. The van der Waals surface area contributed by atoms with Crippen molar-refractivity contribution >= 4 is 11.7 Å². The van der Waals surface area contributed by atoms with Crippen LogP contribution in [-0.4, -0.2) is 16.2 Å². The first kappa shape index (κ1) is 13.1. The SMILES string of the molecule is CC(C)NCc1nnc(Nc2ccc3c(c2)CCC3)o1. The fourth-order valence-corrected chi connectivity index (χ4v) is 2.44. The fraction of sp³-hybridized carbons (Fsp3) is 0.467. The van der Waals surface area contributed by atoms with Gasteiger partial charge in [0.1, 0.15) is 0 Å². The number of benzene rings is 1. The summed E-state index contributed by atoms with van der Waals surface area (Å²) in [7, 11) is 0. The van der Waals surface area contributed by atoms with Crippen LogP contribution in [0.5, 0.6) is 0 Å². The highest BCUT2D eigenvalue weighted by molar-refractivity contribution is 5.55. The van der Waals surface area contributed by atoms with Crippen LogP contribution in [-0.2, 0) is 19.4 Å². The van der Waals surface area contributed by atoms with Gasteiger partial charge in [-0.3, -0.25) is 0 Å². The number of nitrogens with one attached hydrogen (secondary N) is 2. The second-order valence-electron chi connectivity index (χ2n) is 5.50. The van der Waals surface area contributed by atoms with Gasteiger partial charge >= 0.3 is 6.01 Å². The van der Waals surface area contributed by atoms with Crippen LogP contribution in [0, 0.1) is 0 Å². The van der Waals surface area contributed by atoms with Crippen LogP contribution < -0.4 is 10.6 Å². The molecule has 5 nitrogen and oxygen atoms in total. The minimum atomic E-state index is 0.398. The smallest absolute Gasteiger partial charge is 0.320 e. The zero-order chi connectivity index (χ0) is 13.9. The van der Waals surface area contributed by atoms with Crippen molar-refractivity contribution in [2.75, 3.05) is 5.32 Å². The molecule has 0 unspecified atom stereocenters. The Hall–Kier alpha value is -1.88. The molecule has 0 aliphatic heterocycles. The summed E-state index contributed by atoms with van der Waals surface area (Å²) in [5.74, 6) is 0.599. The standard InChI is InChI=1S/C15H20N4O/c1-10(2)16-9-14-18-19-15(20-14)17-13-7-6-11-4-3-5-12(11)8-13/h6-8,10,16H,3-5,9H2,1-2H3,(H,17,19). The minimum Gasteiger partial charge on any atom is -0.406 e. The summed E-state index contributed by atoms with van der Waals surface area (Å²) in [4.78, 5) is 0. The molecule has 106 valence electrons. The van der Waals surface area contributed by atoms with Crippen LogP contribution in [0.15, 0.2) is 22.6 Å². The molecule has 0 atom stereocenters. The van der Waals surface area contributed by atoms with E-state index in [0.29, 0.717) is 24.5 Å². The maximum absolute atomic E-state index is 5.56. The Bertz CT molecular complexity index is 591. The van der Waals surface area contributed by atoms with Crippen molar-refractivity contribution < 1.29 is 4.42 Å². The number of rotatable bonds is 5. The zero-order valence-electron chi connectivity index (χ0n) is 11.9. The van der Waals surface area contributed by atoms with Crippen LogP contribution in [0.2, 0.25) is 0 Å². The van der Waals surface area contributed by atoms with E-state index in [1.807, 2.05) is 0 Å². The maximum atomic E-state index is 5.56. The summed E-state index contributed by atoms with van der Waals surface area (Å²) < 4.78 is 5.56. The quantitative estimate of drug-likeness (QED) is 0.876. The van der Waals surface area contributed by atoms with Gasteiger partial charge in [0.05, 0.1) is 6.54 Å². The molecular weight excluding hydrogens is 252 g/mol. The number of fused-ring (bicyclic) bond motifs is 1. The highest BCUT2D eigenvalue weighted by atomic mass is 16.4. The number of aryl methyl sites for hydroxylation is 2. The van der Waals surface area contributed by atoms with E-state index in [0.717, 1.165) is 12.1 Å². The molecule has 0 amide bonds. The van der Waals surface area contributed by atoms with Crippen molar-refractivity contribution in [1.82, 2.24) is 15.5 Å². The van der Waals surface area contributed by atoms with Gasteiger partial charge in [-0.25, -0.2) is 0 Å². The van der Waals surface area contributed by atoms with Crippen LogP contribution in [0.3, 0.4) is 0 Å². The van der Waals surface area contributed by atoms with Crippen molar-refractivity contribution in [1.29, 1.82) is 0 Å². The molecule has 2 N–H and O–H groups in total. The molecule has 3 rings (SSSR count). The molecule has 1 aromatic heterocycles. The van der Waals surface area contributed by atoms with E-state index >= 15 is 0 Å². The van der Waals surface area contributed by atoms with E-state index in [-0.39, 0.29) is 0 Å². The number of hydrogen-bond donors (Lipinski definition) is 2. The van der Waals surface area contributed by atoms with E-state index < -0.39 is 0 Å². The average Bonchev–Trinajstić information content (AvgIpc) is 3.04. The predicted molar refractivity (Wildman–Crippen MR) is 78.0 cm³/mol. The third kappa shape index (κ3) is 2.99.